The highest BCUT2D eigenvalue weighted by Gasteiger charge is 2.28. The molecule has 1 aliphatic rings. The lowest BCUT2D eigenvalue weighted by molar-refractivity contribution is 0.0861. The molecule has 1 saturated heterocycles. The number of hydrogen-bond acceptors (Lipinski definition) is 7. The molecular formula is C17H21N5O4. The molecule has 0 radical (unpaired) electrons. The minimum Gasteiger partial charge on any atom is -0.450 e. The third-order valence-electron chi connectivity index (χ3n) is 4.24. The largest absolute Gasteiger partial charge is 0.450 e. The number of carbonyl (C=O) groups excluding carboxylic acids is 2. The van der Waals surface area contributed by atoms with Crippen LogP contribution in [0.3, 0.4) is 0 Å². The summed E-state index contributed by atoms with van der Waals surface area (Å²) in [6.07, 6.45) is 4.17. The minimum atomic E-state index is -0.350. The fourth-order valence-corrected chi connectivity index (χ4v) is 2.90. The van der Waals surface area contributed by atoms with E-state index in [0.717, 1.165) is 0 Å². The number of rotatable bonds is 4. The Labute approximate surface area is 150 Å². The molecule has 0 aliphatic carbocycles. The first-order valence-corrected chi connectivity index (χ1v) is 8.48. The predicted octanol–water partition coefficient (Wildman–Crippen LogP) is 1.67. The summed E-state index contributed by atoms with van der Waals surface area (Å²) in [6.45, 7) is 3.17. The summed E-state index contributed by atoms with van der Waals surface area (Å²) in [4.78, 5) is 30.1. The number of ether oxygens (including phenoxy) is 1. The van der Waals surface area contributed by atoms with Gasteiger partial charge in [0, 0.05) is 37.1 Å². The molecule has 1 aliphatic heterocycles. The molecule has 2 aromatic heterocycles. The van der Waals surface area contributed by atoms with Gasteiger partial charge in [-0.05, 0) is 31.9 Å². The number of hydrogen-bond donors (Lipinski definition) is 2. The van der Waals surface area contributed by atoms with Gasteiger partial charge in [-0.3, -0.25) is 9.78 Å². The molecule has 0 spiro atoms. The van der Waals surface area contributed by atoms with E-state index in [2.05, 4.69) is 15.5 Å². The van der Waals surface area contributed by atoms with Crippen LogP contribution in [0.5, 0.6) is 0 Å². The van der Waals surface area contributed by atoms with Crippen molar-refractivity contribution in [3.63, 3.8) is 0 Å². The molecule has 0 saturated carbocycles. The Kier molecular flexibility index (Phi) is 5.35. The second kappa shape index (κ2) is 7.85. The van der Waals surface area contributed by atoms with Crippen LogP contribution in [0.15, 0.2) is 29.0 Å². The second-order valence-corrected chi connectivity index (χ2v) is 5.95. The Hall–Kier alpha value is -3.10. The van der Waals surface area contributed by atoms with E-state index >= 15 is 0 Å². The molecule has 3 heterocycles. The molecule has 9 nitrogen and oxygen atoms in total. The first-order chi connectivity index (χ1) is 12.6. The SMILES string of the molecule is CCOC(=O)N1CCC(NC(=O)c2c(-c3cccnc3)noc2N)CC1. The number of carbonyl (C=O) groups is 2. The Morgan fingerprint density at radius 3 is 2.85 bits per heavy atom. The van der Waals surface area contributed by atoms with Gasteiger partial charge >= 0.3 is 6.09 Å². The third kappa shape index (κ3) is 3.76. The zero-order chi connectivity index (χ0) is 18.5. The summed E-state index contributed by atoms with van der Waals surface area (Å²) >= 11 is 0. The van der Waals surface area contributed by atoms with E-state index < -0.39 is 0 Å². The average molecular weight is 359 g/mol. The lowest BCUT2D eigenvalue weighted by atomic mass is 10.0. The van der Waals surface area contributed by atoms with Crippen LogP contribution >= 0.6 is 0 Å². The van der Waals surface area contributed by atoms with Crippen molar-refractivity contribution in [2.24, 2.45) is 0 Å². The molecule has 3 N–H and O–H groups in total. The third-order valence-corrected chi connectivity index (χ3v) is 4.24. The lowest BCUT2D eigenvalue weighted by Crippen LogP contribution is -2.46. The van der Waals surface area contributed by atoms with Crippen LogP contribution in [0.4, 0.5) is 10.7 Å². The summed E-state index contributed by atoms with van der Waals surface area (Å²) in [5, 5.41) is 6.83. The highest BCUT2D eigenvalue weighted by atomic mass is 16.6. The van der Waals surface area contributed by atoms with E-state index in [-0.39, 0.29) is 29.5 Å². The number of nitrogens with two attached hydrogens (primary N) is 1. The molecule has 0 unspecified atom stereocenters. The molecule has 1 fully saturated rings. The maximum atomic E-state index is 12.7. The molecule has 9 heteroatoms. The van der Waals surface area contributed by atoms with Gasteiger partial charge in [-0.15, -0.1) is 0 Å². The molecule has 2 amide bonds. The van der Waals surface area contributed by atoms with Crippen molar-refractivity contribution in [1.82, 2.24) is 20.4 Å². The summed E-state index contributed by atoms with van der Waals surface area (Å²) in [5.41, 5.74) is 7.01. The first kappa shape index (κ1) is 17.7. The number of pyridine rings is 1. The Bertz CT molecular complexity index is 769. The van der Waals surface area contributed by atoms with Crippen LogP contribution in [0.2, 0.25) is 0 Å². The molecular weight excluding hydrogens is 338 g/mol. The van der Waals surface area contributed by atoms with Crippen molar-refractivity contribution in [2.75, 3.05) is 25.4 Å². The van der Waals surface area contributed by atoms with Gasteiger partial charge < -0.3 is 25.2 Å². The molecule has 0 atom stereocenters. The van der Waals surface area contributed by atoms with E-state index in [0.29, 0.717) is 43.8 Å². The first-order valence-electron chi connectivity index (χ1n) is 8.48. The van der Waals surface area contributed by atoms with Gasteiger partial charge in [0.2, 0.25) is 5.88 Å². The van der Waals surface area contributed by atoms with Crippen LogP contribution < -0.4 is 11.1 Å². The van der Waals surface area contributed by atoms with Crippen LogP contribution in [0.1, 0.15) is 30.1 Å². The Morgan fingerprint density at radius 2 is 2.19 bits per heavy atom. The van der Waals surface area contributed by atoms with Gasteiger partial charge in [-0.2, -0.15) is 0 Å². The van der Waals surface area contributed by atoms with Crippen molar-refractivity contribution in [3.8, 4) is 11.3 Å². The number of nitrogens with zero attached hydrogens (tertiary/aromatic N) is 3. The van der Waals surface area contributed by atoms with Gasteiger partial charge in [-0.25, -0.2) is 4.79 Å². The van der Waals surface area contributed by atoms with Crippen molar-refractivity contribution in [2.45, 2.75) is 25.8 Å². The van der Waals surface area contributed by atoms with Crippen molar-refractivity contribution in [1.29, 1.82) is 0 Å². The summed E-state index contributed by atoms with van der Waals surface area (Å²) in [6, 6.07) is 3.45. The fraction of sp³-hybridized carbons (Fsp3) is 0.412. The molecule has 2 aromatic rings. The van der Waals surface area contributed by atoms with Crippen molar-refractivity contribution in [3.05, 3.63) is 30.1 Å². The fourth-order valence-electron chi connectivity index (χ4n) is 2.90. The van der Waals surface area contributed by atoms with Gasteiger partial charge in [0.05, 0.1) is 6.61 Å². The average Bonchev–Trinajstić information content (AvgIpc) is 3.05. The number of piperidine rings is 1. The standard InChI is InChI=1S/C17H21N5O4/c1-2-25-17(24)22-8-5-12(6-9-22)20-16(23)13-14(21-26-15(13)18)11-4-3-7-19-10-11/h3-4,7,10,12H,2,5-6,8-9,18H2,1H3,(H,20,23). The van der Waals surface area contributed by atoms with Crippen LogP contribution in [0.25, 0.3) is 11.3 Å². The number of nitrogen functional groups attached to an aromatic ring is 1. The minimum absolute atomic E-state index is 0.0367. The topological polar surface area (TPSA) is 124 Å². The van der Waals surface area contributed by atoms with Gasteiger partial charge in [0.15, 0.2) is 0 Å². The summed E-state index contributed by atoms with van der Waals surface area (Å²) < 4.78 is 10.00. The van der Waals surface area contributed by atoms with Crippen LogP contribution in [0, 0.1) is 0 Å². The lowest BCUT2D eigenvalue weighted by Gasteiger charge is -2.31. The molecule has 138 valence electrons. The van der Waals surface area contributed by atoms with E-state index in [1.807, 2.05) is 0 Å². The normalized spacial score (nSPS) is 14.9. The Morgan fingerprint density at radius 1 is 1.42 bits per heavy atom. The summed E-state index contributed by atoms with van der Waals surface area (Å²) in [5.74, 6) is -0.387. The van der Waals surface area contributed by atoms with E-state index in [1.165, 1.54) is 0 Å². The monoisotopic (exact) mass is 359 g/mol. The highest BCUT2D eigenvalue weighted by molar-refractivity contribution is 6.03. The number of likely N-dealkylation sites (tertiary alicyclic amines) is 1. The van der Waals surface area contributed by atoms with E-state index in [9.17, 15) is 9.59 Å². The van der Waals surface area contributed by atoms with Crippen molar-refractivity contribution < 1.29 is 18.8 Å². The highest BCUT2D eigenvalue weighted by Crippen LogP contribution is 2.26. The molecule has 0 bridgehead atoms. The van der Waals surface area contributed by atoms with Crippen molar-refractivity contribution >= 4 is 17.9 Å². The number of nitrogens with one attached hydrogen (secondary N) is 1. The number of amides is 2. The quantitative estimate of drug-likeness (QED) is 0.851. The molecule has 0 aromatic carbocycles. The van der Waals surface area contributed by atoms with E-state index in [4.69, 9.17) is 15.0 Å². The maximum absolute atomic E-state index is 12.7. The Balaban J connectivity index is 1.65. The smallest absolute Gasteiger partial charge is 0.409 e. The maximum Gasteiger partial charge on any atom is 0.409 e. The van der Waals surface area contributed by atoms with Crippen LogP contribution in [-0.4, -0.2) is 52.8 Å². The second-order valence-electron chi connectivity index (χ2n) is 5.95. The van der Waals surface area contributed by atoms with E-state index in [1.54, 1.807) is 36.4 Å². The zero-order valence-corrected chi connectivity index (χ0v) is 14.5. The predicted molar refractivity (Wildman–Crippen MR) is 93.2 cm³/mol. The summed E-state index contributed by atoms with van der Waals surface area (Å²) in [7, 11) is 0. The zero-order valence-electron chi connectivity index (χ0n) is 14.5. The van der Waals surface area contributed by atoms with Gasteiger partial charge in [0.1, 0.15) is 11.3 Å². The number of aromatic nitrogens is 2. The molecule has 26 heavy (non-hydrogen) atoms. The van der Waals surface area contributed by atoms with Gasteiger partial charge in [-0.1, -0.05) is 5.16 Å². The van der Waals surface area contributed by atoms with Crippen LogP contribution in [-0.2, 0) is 4.74 Å². The molecule has 3 rings (SSSR count). The number of anilines is 1. The van der Waals surface area contributed by atoms with Gasteiger partial charge in [0.25, 0.3) is 5.91 Å².